The van der Waals surface area contributed by atoms with Gasteiger partial charge in [0, 0.05) is 44.5 Å². The average molecular weight is 971 g/mol. The van der Waals surface area contributed by atoms with E-state index in [-0.39, 0.29) is 10.8 Å². The molecule has 0 aromatic heterocycles. The van der Waals surface area contributed by atoms with E-state index in [9.17, 15) is 0 Å². The molecule has 0 spiro atoms. The quantitative estimate of drug-likeness (QED) is 0.141. The third-order valence-electron chi connectivity index (χ3n) is 17.1. The Morgan fingerprint density at radius 3 is 0.716 bits per heavy atom. The van der Waals surface area contributed by atoms with Crippen LogP contribution in [0.1, 0.15) is 119 Å². The minimum atomic E-state index is -1.10. The molecule has 0 N–H and O–H groups in total. The summed E-state index contributed by atoms with van der Waals surface area (Å²) in [6, 6.07) is 62.1. The molecule has 4 bridgehead atoms. The van der Waals surface area contributed by atoms with Crippen LogP contribution in [0.3, 0.4) is 0 Å². The summed E-state index contributed by atoms with van der Waals surface area (Å²) in [6.45, 7) is 14.0. The predicted molar refractivity (Wildman–Crippen MR) is 294 cm³/mol. The van der Waals surface area contributed by atoms with Crippen molar-refractivity contribution in [3.8, 4) is 23.0 Å². The summed E-state index contributed by atoms with van der Waals surface area (Å²) in [6.07, 6.45) is 0. The van der Waals surface area contributed by atoms with Crippen molar-refractivity contribution < 1.29 is 28.4 Å². The fraction of sp³-hybridized carbons (Fsp3) is 0.235. The Kier molecular flexibility index (Phi) is 9.12. The number of fused-ring (bicyclic) bond motifs is 20. The van der Waals surface area contributed by atoms with Gasteiger partial charge in [0.05, 0.1) is 28.4 Å². The van der Waals surface area contributed by atoms with Gasteiger partial charge in [-0.25, -0.2) is 0 Å². The predicted octanol–water partition coefficient (Wildman–Crippen LogP) is 15.1. The Bertz CT molecular complexity index is 3470. The van der Waals surface area contributed by atoms with Crippen LogP contribution in [0.4, 0.5) is 0 Å². The molecule has 366 valence electrons. The van der Waals surface area contributed by atoms with E-state index < -0.39 is 22.4 Å². The van der Waals surface area contributed by atoms with Crippen molar-refractivity contribution in [1.29, 1.82) is 0 Å². The van der Waals surface area contributed by atoms with Gasteiger partial charge < -0.3 is 28.4 Å². The number of hydrogen-bond acceptors (Lipinski definition) is 6. The van der Waals surface area contributed by atoms with Gasteiger partial charge in [-0.05, 0) is 101 Å². The Morgan fingerprint density at radius 1 is 0.311 bits per heavy atom. The lowest BCUT2D eigenvalue weighted by molar-refractivity contribution is -0.0250. The van der Waals surface area contributed by atoms with E-state index in [4.69, 9.17) is 28.4 Å². The summed E-state index contributed by atoms with van der Waals surface area (Å²) in [5, 5.41) is 6.99. The number of ether oxygens (including phenoxy) is 6. The maximum atomic E-state index is 8.38. The van der Waals surface area contributed by atoms with Crippen molar-refractivity contribution in [2.75, 3.05) is 28.4 Å². The molecule has 14 rings (SSSR count). The lowest BCUT2D eigenvalue weighted by Crippen LogP contribution is -2.30. The monoisotopic (exact) mass is 970 g/mol. The Balaban J connectivity index is 1.31. The maximum absolute atomic E-state index is 8.38. The fourth-order valence-corrected chi connectivity index (χ4v) is 14.0. The fourth-order valence-electron chi connectivity index (χ4n) is 14.0. The van der Waals surface area contributed by atoms with Crippen molar-refractivity contribution in [2.24, 2.45) is 0 Å². The van der Waals surface area contributed by atoms with Crippen LogP contribution in [-0.2, 0) is 42.7 Å². The SMILES string of the molecule is COc1cc2c(cc1OC)[C@]1(c3ccccc3)O[C@@]2(c2ccccc2)c2c1c1cc(C(C)(C)C)cc3c4c(c5cc(C(C)(C)C)cc2c5c31)[C@@]1(c2ccccc2)O[C@]4(c2ccccc2)c2cc(OC)c(OC)cc21. The van der Waals surface area contributed by atoms with E-state index in [1.54, 1.807) is 28.4 Å². The van der Waals surface area contributed by atoms with Crippen LogP contribution in [0.25, 0.3) is 32.3 Å². The molecule has 10 aromatic carbocycles. The lowest BCUT2D eigenvalue weighted by atomic mass is 9.61. The molecular formula is C68H58O6. The molecule has 74 heavy (non-hydrogen) atoms. The molecular weight excluding hydrogens is 913 g/mol. The average Bonchev–Trinajstić information content (AvgIpc) is 4.26. The number of hydrogen-bond donors (Lipinski definition) is 0. The molecule has 0 aliphatic carbocycles. The second-order valence-electron chi connectivity index (χ2n) is 22.8. The van der Waals surface area contributed by atoms with E-state index in [2.05, 4.69) is 211 Å². The van der Waals surface area contributed by atoms with Gasteiger partial charge in [-0.1, -0.05) is 187 Å². The van der Waals surface area contributed by atoms with Crippen molar-refractivity contribution in [3.05, 3.63) is 248 Å². The van der Waals surface area contributed by atoms with Crippen LogP contribution in [0.5, 0.6) is 23.0 Å². The Morgan fingerprint density at radius 2 is 0.527 bits per heavy atom. The molecule has 0 radical (unpaired) electrons. The summed E-state index contributed by atoms with van der Waals surface area (Å²) < 4.78 is 41.6. The first-order valence-corrected chi connectivity index (χ1v) is 25.8. The standard InChI is InChI=1S/C68H58O6/c1-63(2,3)43-31-45-57-46(32-43)60-62(68(42-29-21-14-22-30-42)52-38-56(72-10)54(70-8)36-50(52)66(60,74-68)40-25-17-12-18-26-40)48-34-44(64(4,5)6)33-47(58(48)57)61-59(45)65(39-23-15-11-16-24-39)49-35-53(69-7)55(71-9)37-51(49)67(61,73-65)41-27-19-13-20-28-41/h11-38H,1-10H3/t65-,66+,67+,68-. The lowest BCUT2D eigenvalue weighted by Gasteiger charge is -2.38. The van der Waals surface area contributed by atoms with Gasteiger partial charge in [0.25, 0.3) is 0 Å². The molecule has 6 nitrogen and oxygen atoms in total. The zero-order valence-corrected chi connectivity index (χ0v) is 43.6. The van der Waals surface area contributed by atoms with Gasteiger partial charge >= 0.3 is 0 Å². The van der Waals surface area contributed by atoms with Crippen molar-refractivity contribution in [2.45, 2.75) is 74.8 Å². The number of benzene rings is 10. The van der Waals surface area contributed by atoms with Crippen molar-refractivity contribution in [1.82, 2.24) is 0 Å². The number of rotatable bonds is 8. The van der Waals surface area contributed by atoms with Gasteiger partial charge in [0.15, 0.2) is 23.0 Å². The smallest absolute Gasteiger partial charge is 0.161 e. The molecule has 10 aromatic rings. The van der Waals surface area contributed by atoms with E-state index in [0.717, 1.165) is 88.3 Å². The van der Waals surface area contributed by atoms with Gasteiger partial charge in [-0.15, -0.1) is 0 Å². The van der Waals surface area contributed by atoms with Gasteiger partial charge in [-0.3, -0.25) is 0 Å². The van der Waals surface area contributed by atoms with E-state index in [0.29, 0.717) is 23.0 Å². The van der Waals surface area contributed by atoms with Crippen molar-refractivity contribution >= 4 is 32.3 Å². The Labute approximate surface area is 432 Å². The molecule has 0 fully saturated rings. The maximum Gasteiger partial charge on any atom is 0.161 e. The molecule has 0 saturated heterocycles. The van der Waals surface area contributed by atoms with Crippen molar-refractivity contribution in [3.63, 3.8) is 0 Å². The van der Waals surface area contributed by atoms with Gasteiger partial charge in [0.1, 0.15) is 22.4 Å². The molecule has 6 heteroatoms. The van der Waals surface area contributed by atoms with E-state index >= 15 is 0 Å². The minimum absolute atomic E-state index is 0.280. The summed E-state index contributed by atoms with van der Waals surface area (Å²) in [7, 11) is 6.88. The van der Waals surface area contributed by atoms with Crippen LogP contribution < -0.4 is 18.9 Å². The highest BCUT2D eigenvalue weighted by Gasteiger charge is 2.69. The normalized spacial score (nSPS) is 22.0. The second kappa shape index (κ2) is 15.0. The summed E-state index contributed by atoms with van der Waals surface area (Å²) in [5.41, 5.74) is 10.4. The highest BCUT2D eigenvalue weighted by molar-refractivity contribution is 6.29. The minimum Gasteiger partial charge on any atom is -0.493 e. The molecule has 0 amide bonds. The zero-order valence-electron chi connectivity index (χ0n) is 43.6. The van der Waals surface area contributed by atoms with Crippen LogP contribution in [0.2, 0.25) is 0 Å². The molecule has 0 saturated carbocycles. The molecule has 0 unspecified atom stereocenters. The summed E-state index contributed by atoms with van der Waals surface area (Å²) in [4.78, 5) is 0. The first kappa shape index (κ1) is 45.0. The largest absolute Gasteiger partial charge is 0.493 e. The zero-order chi connectivity index (χ0) is 50.9. The van der Waals surface area contributed by atoms with Crippen LogP contribution in [0, 0.1) is 0 Å². The third kappa shape index (κ3) is 5.32. The molecule has 4 aliphatic heterocycles. The van der Waals surface area contributed by atoms with Gasteiger partial charge in [-0.2, -0.15) is 0 Å². The van der Waals surface area contributed by atoms with Gasteiger partial charge in [0.2, 0.25) is 0 Å². The third-order valence-corrected chi connectivity index (χ3v) is 17.1. The first-order valence-electron chi connectivity index (χ1n) is 25.8. The molecule has 4 atom stereocenters. The number of methoxy groups -OCH3 is 4. The summed E-state index contributed by atoms with van der Waals surface area (Å²) in [5.74, 6) is 2.60. The van der Waals surface area contributed by atoms with E-state index in [1.165, 1.54) is 21.9 Å². The molecule has 4 aliphatic rings. The highest BCUT2D eigenvalue weighted by Crippen LogP contribution is 2.74. The highest BCUT2D eigenvalue weighted by atomic mass is 16.5. The summed E-state index contributed by atoms with van der Waals surface area (Å²) >= 11 is 0. The van der Waals surface area contributed by atoms with Crippen LogP contribution >= 0.6 is 0 Å². The molecule has 4 heterocycles. The van der Waals surface area contributed by atoms with Crippen LogP contribution in [0.15, 0.2) is 170 Å². The topological polar surface area (TPSA) is 55.4 Å². The van der Waals surface area contributed by atoms with E-state index in [1.807, 2.05) is 0 Å². The second-order valence-corrected chi connectivity index (χ2v) is 22.8. The van der Waals surface area contributed by atoms with Crippen LogP contribution in [-0.4, -0.2) is 28.4 Å². The first-order chi connectivity index (χ1) is 35.7. The Hall–Kier alpha value is -7.64.